The highest BCUT2D eigenvalue weighted by Gasteiger charge is 2.22. The van der Waals surface area contributed by atoms with E-state index in [4.69, 9.17) is 10.6 Å². The standard InChI is InChI=1S/C17H29N3O3S2/c1-3-5-7-15-13(6-4-2)10-24-11-14(12-25-15)20-23-9-17(22)19-8-16(18)21/h5,7,13,15H,3-4,6,8-12H2,1-2H3,(H2,18,21)(H,19,22)/b7-5-,20-14-/t13?,15-/m1/s1. The monoisotopic (exact) mass is 387 g/mol. The molecule has 3 N–H and O–H groups in total. The van der Waals surface area contributed by atoms with E-state index in [1.165, 1.54) is 12.8 Å². The summed E-state index contributed by atoms with van der Waals surface area (Å²) in [5.74, 6) is 2.43. The van der Waals surface area contributed by atoms with Crippen LogP contribution in [-0.2, 0) is 14.4 Å². The normalized spacial score (nSPS) is 23.2. The van der Waals surface area contributed by atoms with Crippen LogP contribution in [0.5, 0.6) is 0 Å². The highest BCUT2D eigenvalue weighted by molar-refractivity contribution is 8.02. The van der Waals surface area contributed by atoms with Crippen LogP contribution in [0.4, 0.5) is 0 Å². The maximum absolute atomic E-state index is 11.5. The molecule has 8 heteroatoms. The second-order valence-electron chi connectivity index (χ2n) is 5.85. The molecule has 25 heavy (non-hydrogen) atoms. The molecule has 1 saturated heterocycles. The zero-order chi connectivity index (χ0) is 18.5. The van der Waals surface area contributed by atoms with E-state index in [1.807, 2.05) is 23.5 Å². The van der Waals surface area contributed by atoms with Gasteiger partial charge in [0.15, 0.2) is 6.61 Å². The van der Waals surface area contributed by atoms with E-state index < -0.39 is 11.8 Å². The first-order valence-electron chi connectivity index (χ1n) is 8.65. The Hall–Kier alpha value is -1.15. The van der Waals surface area contributed by atoms with Gasteiger partial charge in [-0.25, -0.2) is 0 Å². The Morgan fingerprint density at radius 2 is 2.20 bits per heavy atom. The van der Waals surface area contributed by atoms with Gasteiger partial charge in [0, 0.05) is 16.8 Å². The molecule has 0 saturated carbocycles. The molecular weight excluding hydrogens is 358 g/mol. The smallest absolute Gasteiger partial charge is 0.261 e. The number of hydrogen-bond acceptors (Lipinski definition) is 6. The molecule has 1 aliphatic rings. The summed E-state index contributed by atoms with van der Waals surface area (Å²) >= 11 is 3.77. The van der Waals surface area contributed by atoms with Gasteiger partial charge in [0.25, 0.3) is 5.91 Å². The number of nitrogens with two attached hydrogens (primary N) is 1. The van der Waals surface area contributed by atoms with Crippen molar-refractivity contribution in [3.8, 4) is 0 Å². The van der Waals surface area contributed by atoms with Gasteiger partial charge in [-0.15, -0.1) is 11.8 Å². The number of allylic oxidation sites excluding steroid dienone is 1. The quantitative estimate of drug-likeness (QED) is 0.467. The number of thioether (sulfide) groups is 2. The summed E-state index contributed by atoms with van der Waals surface area (Å²) < 4.78 is 0. The van der Waals surface area contributed by atoms with Crippen molar-refractivity contribution in [1.82, 2.24) is 5.32 Å². The Morgan fingerprint density at radius 3 is 2.88 bits per heavy atom. The van der Waals surface area contributed by atoms with Crippen LogP contribution in [0, 0.1) is 5.92 Å². The number of rotatable bonds is 9. The van der Waals surface area contributed by atoms with Crippen LogP contribution in [0.1, 0.15) is 33.1 Å². The minimum Gasteiger partial charge on any atom is -0.386 e. The van der Waals surface area contributed by atoms with Gasteiger partial charge in [-0.2, -0.15) is 11.8 Å². The highest BCUT2D eigenvalue weighted by Crippen LogP contribution is 2.31. The fourth-order valence-electron chi connectivity index (χ4n) is 2.37. The Morgan fingerprint density at radius 1 is 1.40 bits per heavy atom. The Balaban J connectivity index is 2.50. The van der Waals surface area contributed by atoms with Crippen LogP contribution in [0.25, 0.3) is 0 Å². The minimum atomic E-state index is -0.583. The molecule has 2 atom stereocenters. The van der Waals surface area contributed by atoms with E-state index in [0.717, 1.165) is 29.4 Å². The van der Waals surface area contributed by atoms with Gasteiger partial charge in [0.1, 0.15) is 0 Å². The molecule has 2 amide bonds. The van der Waals surface area contributed by atoms with Crippen LogP contribution in [-0.4, -0.2) is 53.2 Å². The topological polar surface area (TPSA) is 93.8 Å². The highest BCUT2D eigenvalue weighted by atomic mass is 32.2. The molecule has 0 aromatic carbocycles. The molecule has 0 aliphatic carbocycles. The SMILES string of the molecule is CC/C=C\[C@H]1SC/C(=N\OCC(=O)NCC(N)=O)CSCC1CCC. The third-order valence-electron chi connectivity index (χ3n) is 3.58. The van der Waals surface area contributed by atoms with E-state index in [1.54, 1.807) is 0 Å². The van der Waals surface area contributed by atoms with Crippen LogP contribution in [0.15, 0.2) is 17.3 Å². The molecule has 0 radical (unpaired) electrons. The molecule has 6 nitrogen and oxygen atoms in total. The second-order valence-corrected chi connectivity index (χ2v) is 8.05. The van der Waals surface area contributed by atoms with Gasteiger partial charge in [0.2, 0.25) is 5.91 Å². The number of carbonyl (C=O) groups is 2. The number of oxime groups is 1. The van der Waals surface area contributed by atoms with E-state index in [9.17, 15) is 9.59 Å². The zero-order valence-electron chi connectivity index (χ0n) is 15.0. The maximum Gasteiger partial charge on any atom is 0.261 e. The van der Waals surface area contributed by atoms with Crippen molar-refractivity contribution in [3.63, 3.8) is 0 Å². The molecule has 0 bridgehead atoms. The number of hydrogen-bond donors (Lipinski definition) is 2. The second kappa shape index (κ2) is 13.1. The maximum atomic E-state index is 11.5. The van der Waals surface area contributed by atoms with Gasteiger partial charge in [-0.1, -0.05) is 37.6 Å². The first-order chi connectivity index (χ1) is 12.1. The van der Waals surface area contributed by atoms with Crippen LogP contribution >= 0.6 is 23.5 Å². The average molecular weight is 388 g/mol. The lowest BCUT2D eigenvalue weighted by molar-refractivity contribution is -0.128. The van der Waals surface area contributed by atoms with Crippen molar-refractivity contribution in [2.75, 3.05) is 30.4 Å². The van der Waals surface area contributed by atoms with Crippen molar-refractivity contribution in [3.05, 3.63) is 12.2 Å². The zero-order valence-corrected chi connectivity index (χ0v) is 16.7. The first-order valence-corrected chi connectivity index (χ1v) is 10.9. The number of nitrogens with one attached hydrogen (secondary N) is 1. The van der Waals surface area contributed by atoms with Crippen LogP contribution in [0.2, 0.25) is 0 Å². The van der Waals surface area contributed by atoms with Crippen LogP contribution in [0.3, 0.4) is 0 Å². The van der Waals surface area contributed by atoms with Crippen molar-refractivity contribution in [2.24, 2.45) is 16.8 Å². The Kier molecular flexibility index (Phi) is 11.5. The minimum absolute atomic E-state index is 0.186. The van der Waals surface area contributed by atoms with Crippen molar-refractivity contribution >= 4 is 41.0 Å². The number of nitrogens with zero attached hydrogens (tertiary/aromatic N) is 1. The molecule has 0 aromatic heterocycles. The molecular formula is C17H29N3O3S2. The molecule has 1 rings (SSSR count). The molecule has 142 valence electrons. The first kappa shape index (κ1) is 21.9. The summed E-state index contributed by atoms with van der Waals surface area (Å²) in [4.78, 5) is 27.2. The molecule has 0 aromatic rings. The lowest BCUT2D eigenvalue weighted by Gasteiger charge is -2.26. The summed E-state index contributed by atoms with van der Waals surface area (Å²) in [6, 6.07) is 0. The van der Waals surface area contributed by atoms with Crippen molar-refractivity contribution in [2.45, 2.75) is 38.4 Å². The van der Waals surface area contributed by atoms with Crippen molar-refractivity contribution in [1.29, 1.82) is 0 Å². The Labute approximate surface area is 158 Å². The lowest BCUT2D eigenvalue weighted by Crippen LogP contribution is -2.35. The predicted octanol–water partition coefficient (Wildman–Crippen LogP) is 2.19. The third kappa shape index (κ3) is 9.79. The summed E-state index contributed by atoms with van der Waals surface area (Å²) in [5.41, 5.74) is 5.91. The Bertz CT molecular complexity index is 484. The number of amides is 2. The van der Waals surface area contributed by atoms with Crippen LogP contribution < -0.4 is 11.1 Å². The summed E-state index contributed by atoms with van der Waals surface area (Å²) in [6.45, 7) is 3.99. The van der Waals surface area contributed by atoms with Crippen molar-refractivity contribution < 1.29 is 14.4 Å². The summed E-state index contributed by atoms with van der Waals surface area (Å²) in [6.07, 6.45) is 8.05. The molecule has 0 spiro atoms. The predicted molar refractivity (Wildman–Crippen MR) is 107 cm³/mol. The fourth-order valence-corrected chi connectivity index (χ4v) is 5.07. The fraction of sp³-hybridized carbons (Fsp3) is 0.706. The van der Waals surface area contributed by atoms with Gasteiger partial charge >= 0.3 is 0 Å². The third-order valence-corrected chi connectivity index (χ3v) is 6.21. The van der Waals surface area contributed by atoms with E-state index >= 15 is 0 Å². The molecule has 1 fully saturated rings. The molecule has 1 aliphatic heterocycles. The number of carbonyl (C=O) groups excluding carboxylic acids is 2. The summed E-state index contributed by atoms with van der Waals surface area (Å²) in [5, 5.41) is 6.97. The van der Waals surface area contributed by atoms with Gasteiger partial charge in [-0.05, 0) is 24.5 Å². The van der Waals surface area contributed by atoms with Gasteiger partial charge in [-0.3, -0.25) is 9.59 Å². The van der Waals surface area contributed by atoms with E-state index in [0.29, 0.717) is 11.2 Å². The van der Waals surface area contributed by atoms with Gasteiger partial charge in [0.05, 0.1) is 12.3 Å². The summed E-state index contributed by atoms with van der Waals surface area (Å²) in [7, 11) is 0. The molecule has 1 unspecified atom stereocenters. The number of primary amides is 1. The average Bonchev–Trinajstić information content (AvgIpc) is 2.57. The van der Waals surface area contributed by atoms with E-state index in [-0.39, 0.29) is 13.2 Å². The molecule has 1 heterocycles. The lowest BCUT2D eigenvalue weighted by atomic mass is 10.0. The van der Waals surface area contributed by atoms with Gasteiger partial charge < -0.3 is 15.9 Å². The van der Waals surface area contributed by atoms with E-state index in [2.05, 4.69) is 36.5 Å². The largest absolute Gasteiger partial charge is 0.386 e.